The van der Waals surface area contributed by atoms with Gasteiger partial charge in [-0.05, 0) is 61.4 Å². The highest BCUT2D eigenvalue weighted by atomic mass is 35.5. The van der Waals surface area contributed by atoms with Crippen LogP contribution in [0.1, 0.15) is 28.8 Å². The average Bonchev–Trinajstić information content (AvgIpc) is 2.77. The number of aryl methyl sites for hydroxylation is 1. The molecular weight excluding hydrogens is 404 g/mol. The van der Waals surface area contributed by atoms with Gasteiger partial charge in [0.15, 0.2) is 0 Å². The molecule has 1 aliphatic heterocycles. The van der Waals surface area contributed by atoms with Crippen LogP contribution in [0.5, 0.6) is 11.5 Å². The van der Waals surface area contributed by atoms with Crippen LogP contribution in [-0.2, 0) is 4.79 Å². The zero-order valence-corrected chi connectivity index (χ0v) is 18.2. The number of ether oxygens (including phenoxy) is 2. The largest absolute Gasteiger partial charge is 0.497 e. The average molecular weight is 431 g/mol. The monoisotopic (exact) mass is 430 g/mol. The normalized spacial score (nSPS) is 13.8. The predicted octanol–water partition coefficient (Wildman–Crippen LogP) is 3.80. The van der Waals surface area contributed by atoms with Crippen LogP contribution in [0.15, 0.2) is 42.5 Å². The smallest absolute Gasteiger partial charge is 0.253 e. The van der Waals surface area contributed by atoms with Gasteiger partial charge in [-0.15, -0.1) is 0 Å². The summed E-state index contributed by atoms with van der Waals surface area (Å²) in [6, 6.07) is 12.6. The zero-order valence-electron chi connectivity index (χ0n) is 17.4. The van der Waals surface area contributed by atoms with Crippen molar-refractivity contribution in [2.24, 2.45) is 0 Å². The van der Waals surface area contributed by atoms with Gasteiger partial charge in [0.2, 0.25) is 5.91 Å². The number of carbonyl (C=O) groups excluding carboxylic acids is 2. The summed E-state index contributed by atoms with van der Waals surface area (Å²) in [5.41, 5.74) is 1.61. The quantitative estimate of drug-likeness (QED) is 0.627. The van der Waals surface area contributed by atoms with E-state index in [-0.39, 0.29) is 11.8 Å². The number of halogens is 1. The summed E-state index contributed by atoms with van der Waals surface area (Å²) in [4.78, 5) is 28.7. The number of rotatable bonds is 7. The third-order valence-electron chi connectivity index (χ3n) is 5.19. The molecule has 0 aromatic heterocycles. The number of carbonyl (C=O) groups is 2. The molecule has 1 saturated heterocycles. The van der Waals surface area contributed by atoms with E-state index in [0.717, 1.165) is 17.1 Å². The van der Waals surface area contributed by atoms with Gasteiger partial charge >= 0.3 is 0 Å². The summed E-state index contributed by atoms with van der Waals surface area (Å²) >= 11 is 5.95. The van der Waals surface area contributed by atoms with E-state index in [4.69, 9.17) is 21.1 Å². The van der Waals surface area contributed by atoms with Crippen molar-refractivity contribution < 1.29 is 19.1 Å². The van der Waals surface area contributed by atoms with Crippen molar-refractivity contribution in [2.45, 2.75) is 19.8 Å². The minimum Gasteiger partial charge on any atom is -0.497 e. The van der Waals surface area contributed by atoms with Gasteiger partial charge in [0.25, 0.3) is 5.91 Å². The predicted molar refractivity (Wildman–Crippen MR) is 116 cm³/mol. The van der Waals surface area contributed by atoms with Crippen LogP contribution in [0.4, 0.5) is 0 Å². The number of amides is 2. The van der Waals surface area contributed by atoms with E-state index >= 15 is 0 Å². The van der Waals surface area contributed by atoms with Crippen LogP contribution in [0.3, 0.4) is 0 Å². The first-order valence-electron chi connectivity index (χ1n) is 10.1. The van der Waals surface area contributed by atoms with Crippen LogP contribution in [0.25, 0.3) is 0 Å². The summed E-state index contributed by atoms with van der Waals surface area (Å²) < 4.78 is 10.9. The summed E-state index contributed by atoms with van der Waals surface area (Å²) in [5.74, 6) is 1.59. The maximum Gasteiger partial charge on any atom is 0.253 e. The summed E-state index contributed by atoms with van der Waals surface area (Å²) in [5, 5.41) is 0.680. The molecule has 0 atom stereocenters. The van der Waals surface area contributed by atoms with Crippen LogP contribution in [0, 0.1) is 6.92 Å². The fourth-order valence-corrected chi connectivity index (χ4v) is 3.64. The standard InChI is InChI=1S/C23H27ClN2O4/c1-17-16-19(24)7-10-21(17)30-15-3-4-22(27)25-11-13-26(14-12-25)23(28)18-5-8-20(29-2)9-6-18/h5-10,16H,3-4,11-15H2,1-2H3. The molecule has 1 fully saturated rings. The van der Waals surface area contributed by atoms with Gasteiger partial charge in [0.05, 0.1) is 13.7 Å². The van der Waals surface area contributed by atoms with Gasteiger partial charge < -0.3 is 19.3 Å². The Bertz CT molecular complexity index is 877. The Morgan fingerprint density at radius 2 is 1.67 bits per heavy atom. The molecule has 6 nitrogen and oxygen atoms in total. The molecule has 160 valence electrons. The molecule has 0 saturated carbocycles. The van der Waals surface area contributed by atoms with Gasteiger partial charge in [-0.1, -0.05) is 11.6 Å². The van der Waals surface area contributed by atoms with Crippen LogP contribution < -0.4 is 9.47 Å². The fourth-order valence-electron chi connectivity index (χ4n) is 3.41. The molecule has 1 heterocycles. The van der Waals surface area contributed by atoms with E-state index in [1.807, 2.05) is 24.0 Å². The second-order valence-electron chi connectivity index (χ2n) is 7.26. The number of hydrogen-bond donors (Lipinski definition) is 0. The number of hydrogen-bond acceptors (Lipinski definition) is 4. The first-order valence-corrected chi connectivity index (χ1v) is 10.5. The lowest BCUT2D eigenvalue weighted by Gasteiger charge is -2.35. The third kappa shape index (κ3) is 5.66. The Balaban J connectivity index is 1.39. The topological polar surface area (TPSA) is 59.1 Å². The second-order valence-corrected chi connectivity index (χ2v) is 7.70. The van der Waals surface area contributed by atoms with Gasteiger partial charge in [-0.3, -0.25) is 9.59 Å². The minimum atomic E-state index is -0.0171. The Morgan fingerprint density at radius 3 is 2.30 bits per heavy atom. The number of methoxy groups -OCH3 is 1. The lowest BCUT2D eigenvalue weighted by Crippen LogP contribution is -2.50. The number of piperazine rings is 1. The molecule has 3 rings (SSSR count). The summed E-state index contributed by atoms with van der Waals surface area (Å²) in [7, 11) is 1.60. The Kier molecular flexibility index (Phi) is 7.57. The van der Waals surface area contributed by atoms with Gasteiger partial charge in [-0.25, -0.2) is 0 Å². The maximum atomic E-state index is 12.6. The van der Waals surface area contributed by atoms with Crippen molar-refractivity contribution >= 4 is 23.4 Å². The van der Waals surface area contributed by atoms with Gasteiger partial charge in [-0.2, -0.15) is 0 Å². The Morgan fingerprint density at radius 1 is 1.00 bits per heavy atom. The molecule has 1 aliphatic rings. The van der Waals surface area contributed by atoms with E-state index in [2.05, 4.69) is 0 Å². The lowest BCUT2D eigenvalue weighted by atomic mass is 10.1. The third-order valence-corrected chi connectivity index (χ3v) is 5.42. The highest BCUT2D eigenvalue weighted by Gasteiger charge is 2.24. The van der Waals surface area contributed by atoms with Crippen molar-refractivity contribution in [3.63, 3.8) is 0 Å². The van der Waals surface area contributed by atoms with E-state index < -0.39 is 0 Å². The number of benzene rings is 2. The summed E-state index contributed by atoms with van der Waals surface area (Å²) in [6.45, 7) is 4.60. The highest BCUT2D eigenvalue weighted by Crippen LogP contribution is 2.22. The van der Waals surface area contributed by atoms with Crippen molar-refractivity contribution in [2.75, 3.05) is 39.9 Å². The molecular formula is C23H27ClN2O4. The van der Waals surface area contributed by atoms with E-state index in [9.17, 15) is 9.59 Å². The minimum absolute atomic E-state index is 0.0171. The molecule has 7 heteroatoms. The highest BCUT2D eigenvalue weighted by molar-refractivity contribution is 6.30. The maximum absolute atomic E-state index is 12.6. The fraction of sp³-hybridized carbons (Fsp3) is 0.391. The zero-order chi connectivity index (χ0) is 21.5. The lowest BCUT2D eigenvalue weighted by molar-refractivity contribution is -0.132. The van der Waals surface area contributed by atoms with Gasteiger partial charge in [0.1, 0.15) is 11.5 Å². The Hall–Kier alpha value is -2.73. The molecule has 0 aliphatic carbocycles. The molecule has 0 N–H and O–H groups in total. The first-order chi connectivity index (χ1) is 14.5. The van der Waals surface area contributed by atoms with Crippen LogP contribution in [0.2, 0.25) is 5.02 Å². The van der Waals surface area contributed by atoms with Crippen molar-refractivity contribution in [1.29, 1.82) is 0 Å². The molecule has 0 radical (unpaired) electrons. The van der Waals surface area contributed by atoms with Crippen LogP contribution in [-0.4, -0.2) is 61.5 Å². The van der Waals surface area contributed by atoms with E-state index in [1.54, 1.807) is 42.3 Å². The van der Waals surface area contributed by atoms with E-state index in [0.29, 0.717) is 56.2 Å². The van der Waals surface area contributed by atoms with E-state index in [1.165, 1.54) is 0 Å². The molecule has 2 amide bonds. The van der Waals surface area contributed by atoms with Crippen LogP contribution >= 0.6 is 11.6 Å². The van der Waals surface area contributed by atoms with Gasteiger partial charge in [0, 0.05) is 43.2 Å². The SMILES string of the molecule is COc1ccc(C(=O)N2CCN(C(=O)CCCOc3ccc(Cl)cc3C)CC2)cc1. The second kappa shape index (κ2) is 10.3. The molecule has 0 unspecified atom stereocenters. The molecule has 0 spiro atoms. The number of nitrogens with zero attached hydrogens (tertiary/aromatic N) is 2. The molecule has 2 aromatic carbocycles. The first kappa shape index (κ1) is 22.0. The van der Waals surface area contributed by atoms with Crippen molar-refractivity contribution in [3.05, 3.63) is 58.6 Å². The van der Waals surface area contributed by atoms with Crippen molar-refractivity contribution in [1.82, 2.24) is 9.80 Å². The molecule has 30 heavy (non-hydrogen) atoms. The molecule has 0 bridgehead atoms. The Labute approximate surface area is 182 Å². The van der Waals surface area contributed by atoms with Crippen molar-refractivity contribution in [3.8, 4) is 11.5 Å². The molecule has 2 aromatic rings. The summed E-state index contributed by atoms with van der Waals surface area (Å²) in [6.07, 6.45) is 1.07.